The minimum atomic E-state index is -0.0914. The molecule has 5 aliphatic rings. The molecule has 1 aromatic rings. The predicted octanol–water partition coefficient (Wildman–Crippen LogP) is 5.73. The summed E-state index contributed by atoms with van der Waals surface area (Å²) in [6.45, 7) is 4.46. The quantitative estimate of drug-likeness (QED) is 0.603. The third-order valence-electron chi connectivity index (χ3n) is 9.20. The molecule has 3 heteroatoms. The molecule has 0 spiro atoms. The van der Waals surface area contributed by atoms with Crippen LogP contribution < -0.4 is 5.32 Å². The lowest BCUT2D eigenvalue weighted by molar-refractivity contribution is -0.162. The molecule has 29 heavy (non-hydrogen) atoms. The number of carbonyl (C=O) groups excluding carboxylic acids is 1. The number of hydrogen-bond acceptors (Lipinski definition) is 2. The van der Waals surface area contributed by atoms with Crippen LogP contribution in [-0.2, 0) is 10.2 Å². The maximum absolute atomic E-state index is 14.0. The predicted molar refractivity (Wildman–Crippen MR) is 119 cm³/mol. The Morgan fingerprint density at radius 2 is 1.97 bits per heavy atom. The number of alkyl halides is 1. The van der Waals surface area contributed by atoms with Crippen molar-refractivity contribution in [1.29, 1.82) is 0 Å². The zero-order chi connectivity index (χ0) is 20.1. The Morgan fingerprint density at radius 3 is 2.72 bits per heavy atom. The van der Waals surface area contributed by atoms with E-state index in [1.54, 1.807) is 0 Å². The molecule has 0 aromatic heterocycles. The first-order valence-electron chi connectivity index (χ1n) is 11.8. The van der Waals surface area contributed by atoms with E-state index in [0.717, 1.165) is 57.5 Å². The van der Waals surface area contributed by atoms with Crippen LogP contribution in [0.1, 0.15) is 70.3 Å². The van der Waals surface area contributed by atoms with Crippen molar-refractivity contribution in [2.75, 3.05) is 19.0 Å². The van der Waals surface area contributed by atoms with E-state index < -0.39 is 0 Å². The van der Waals surface area contributed by atoms with E-state index in [-0.39, 0.29) is 16.2 Å². The van der Waals surface area contributed by atoms with Crippen LogP contribution in [0.3, 0.4) is 0 Å². The number of hydrogen-bond donors (Lipinski definition) is 1. The summed E-state index contributed by atoms with van der Waals surface area (Å²) in [5, 5.41) is 3.50. The van der Waals surface area contributed by atoms with Crippen molar-refractivity contribution < 1.29 is 4.79 Å². The van der Waals surface area contributed by atoms with Gasteiger partial charge in [-0.05, 0) is 98.6 Å². The van der Waals surface area contributed by atoms with E-state index in [9.17, 15) is 4.79 Å². The number of rotatable bonds is 6. The lowest BCUT2D eigenvalue weighted by Crippen LogP contribution is -2.61. The highest BCUT2D eigenvalue weighted by Gasteiger charge is 2.65. The lowest BCUT2D eigenvalue weighted by atomic mass is 9.37. The van der Waals surface area contributed by atoms with Gasteiger partial charge in [-0.25, -0.2) is 0 Å². The van der Waals surface area contributed by atoms with Crippen LogP contribution in [-0.4, -0.2) is 24.8 Å². The smallest absolute Gasteiger partial charge is 0.139 e. The Bertz CT molecular complexity index is 765. The van der Waals surface area contributed by atoms with Crippen LogP contribution in [0.2, 0.25) is 0 Å². The zero-order valence-corrected chi connectivity index (χ0v) is 18.6. The highest BCUT2D eigenvalue weighted by molar-refractivity contribution is 6.17. The second-order valence-electron chi connectivity index (χ2n) is 11.2. The van der Waals surface area contributed by atoms with Gasteiger partial charge in [0.25, 0.3) is 0 Å². The molecule has 0 radical (unpaired) electrons. The van der Waals surface area contributed by atoms with Crippen molar-refractivity contribution in [2.24, 2.45) is 28.6 Å². The normalized spacial score (nSPS) is 43.4. The largest absolute Gasteiger partial charge is 0.316 e. The molecule has 5 fully saturated rings. The molecule has 6 atom stereocenters. The summed E-state index contributed by atoms with van der Waals surface area (Å²) in [6, 6.07) is 11.2. The molecule has 1 aromatic carbocycles. The van der Waals surface area contributed by atoms with Crippen molar-refractivity contribution in [3.8, 4) is 0 Å². The first-order valence-corrected chi connectivity index (χ1v) is 12.4. The number of ketones is 1. The molecule has 4 saturated carbocycles. The fraction of sp³-hybridized carbons (Fsp3) is 0.731. The van der Waals surface area contributed by atoms with Gasteiger partial charge in [-0.1, -0.05) is 37.3 Å². The van der Waals surface area contributed by atoms with Crippen molar-refractivity contribution in [3.05, 3.63) is 35.9 Å². The minimum Gasteiger partial charge on any atom is -0.316 e. The molecule has 4 unspecified atom stereocenters. The van der Waals surface area contributed by atoms with Crippen LogP contribution in [0, 0.1) is 28.6 Å². The average molecular weight is 414 g/mol. The second kappa shape index (κ2) is 7.38. The maximum atomic E-state index is 14.0. The second-order valence-corrected chi connectivity index (χ2v) is 11.6. The van der Waals surface area contributed by atoms with Gasteiger partial charge in [0.1, 0.15) is 5.78 Å². The molecular weight excluding hydrogens is 378 g/mol. The Hall–Kier alpha value is -0.860. The first kappa shape index (κ1) is 20.1. The molecule has 0 amide bonds. The number of piperidine rings is 1. The summed E-state index contributed by atoms with van der Waals surface area (Å²) < 4.78 is 0. The minimum absolute atomic E-state index is 0.0914. The number of Topliss-reactive ketones (excluding diaryl/α,β-unsaturated/α-hetero) is 1. The Kier molecular flexibility index (Phi) is 5.10. The maximum Gasteiger partial charge on any atom is 0.139 e. The SMILES string of the molecule is CC1CNCCC1CC(=O)C12CC3C[C@@](CCCl)(C1)C[C@](c1ccccc1)(C3)C2. The monoisotopic (exact) mass is 413 g/mol. The number of nitrogens with one attached hydrogen (secondary N) is 1. The molecule has 1 heterocycles. The lowest BCUT2D eigenvalue weighted by Gasteiger charge is -2.66. The standard InChI is InChI=1S/C26H36ClNO/c1-19-15-28-10-7-21(19)11-23(29)26-14-20-12-24(17-26,8-9-27)16-25(13-20,18-26)22-5-3-2-4-6-22/h2-6,19-21,28H,7-18H2,1H3/t19?,20?,21?,24-,25-,26?/m1/s1. The van der Waals surface area contributed by atoms with Gasteiger partial charge in [0.15, 0.2) is 0 Å². The van der Waals surface area contributed by atoms with Crippen molar-refractivity contribution >= 4 is 17.4 Å². The molecule has 1 aliphatic heterocycles. The van der Waals surface area contributed by atoms with Gasteiger partial charge in [0.05, 0.1) is 0 Å². The summed E-state index contributed by atoms with van der Waals surface area (Å²) in [6.07, 6.45) is 10.2. The van der Waals surface area contributed by atoms with E-state index >= 15 is 0 Å². The van der Waals surface area contributed by atoms with E-state index in [0.29, 0.717) is 23.5 Å². The number of carbonyl (C=O) groups is 1. The van der Waals surface area contributed by atoms with Gasteiger partial charge in [0, 0.05) is 17.7 Å². The Labute approximate surface area is 181 Å². The molecule has 1 saturated heterocycles. The van der Waals surface area contributed by atoms with Crippen LogP contribution >= 0.6 is 11.6 Å². The van der Waals surface area contributed by atoms with Gasteiger partial charge in [0.2, 0.25) is 0 Å². The van der Waals surface area contributed by atoms with Crippen LogP contribution in [0.25, 0.3) is 0 Å². The third-order valence-corrected chi connectivity index (χ3v) is 9.39. The van der Waals surface area contributed by atoms with Crippen molar-refractivity contribution in [1.82, 2.24) is 5.32 Å². The summed E-state index contributed by atoms with van der Waals surface area (Å²) in [7, 11) is 0. The molecule has 2 nitrogen and oxygen atoms in total. The van der Waals surface area contributed by atoms with Crippen LogP contribution in [0.15, 0.2) is 30.3 Å². The number of benzene rings is 1. The Balaban J connectivity index is 1.48. The van der Waals surface area contributed by atoms with E-state index in [1.165, 1.54) is 24.8 Å². The summed E-state index contributed by atoms with van der Waals surface area (Å²) in [5.74, 6) is 3.20. The zero-order valence-electron chi connectivity index (χ0n) is 17.9. The Morgan fingerprint density at radius 1 is 1.14 bits per heavy atom. The van der Waals surface area contributed by atoms with Gasteiger partial charge in [-0.2, -0.15) is 0 Å². The molecule has 4 aliphatic carbocycles. The topological polar surface area (TPSA) is 29.1 Å². The number of halogens is 1. The van der Waals surface area contributed by atoms with Crippen LogP contribution in [0.5, 0.6) is 0 Å². The highest BCUT2D eigenvalue weighted by Crippen LogP contribution is 2.71. The van der Waals surface area contributed by atoms with E-state index in [1.807, 2.05) is 0 Å². The van der Waals surface area contributed by atoms with Crippen LogP contribution in [0.4, 0.5) is 0 Å². The molecule has 158 valence electrons. The molecule has 6 rings (SSSR count). The molecular formula is C26H36ClNO. The summed E-state index contributed by atoms with van der Waals surface area (Å²) in [4.78, 5) is 14.0. The fourth-order valence-electron chi connectivity index (χ4n) is 8.37. The highest BCUT2D eigenvalue weighted by atomic mass is 35.5. The fourth-order valence-corrected chi connectivity index (χ4v) is 8.77. The third kappa shape index (κ3) is 3.39. The van der Waals surface area contributed by atoms with E-state index in [2.05, 4.69) is 42.6 Å². The van der Waals surface area contributed by atoms with E-state index in [4.69, 9.17) is 11.6 Å². The average Bonchev–Trinajstić information content (AvgIpc) is 2.69. The van der Waals surface area contributed by atoms with Gasteiger partial charge in [-0.15, -0.1) is 11.6 Å². The van der Waals surface area contributed by atoms with Gasteiger partial charge >= 0.3 is 0 Å². The van der Waals surface area contributed by atoms with Gasteiger partial charge < -0.3 is 5.32 Å². The molecule has 4 bridgehead atoms. The molecule has 1 N–H and O–H groups in total. The van der Waals surface area contributed by atoms with Crippen molar-refractivity contribution in [3.63, 3.8) is 0 Å². The van der Waals surface area contributed by atoms with Crippen molar-refractivity contribution in [2.45, 2.75) is 70.1 Å². The summed E-state index contributed by atoms with van der Waals surface area (Å²) in [5.41, 5.74) is 1.87. The first-order chi connectivity index (χ1) is 14.0. The summed E-state index contributed by atoms with van der Waals surface area (Å²) >= 11 is 6.34. The van der Waals surface area contributed by atoms with Gasteiger partial charge in [-0.3, -0.25) is 4.79 Å².